The summed E-state index contributed by atoms with van der Waals surface area (Å²) in [5.74, 6) is 1.73. The molecule has 3 rings (SSSR count). The first-order chi connectivity index (χ1) is 11.3. The Morgan fingerprint density at radius 3 is 2.54 bits per heavy atom. The summed E-state index contributed by atoms with van der Waals surface area (Å²) in [6.45, 7) is 3.93. The molecule has 1 aliphatic heterocycles. The maximum Gasteiger partial charge on any atom is 0.269 e. The van der Waals surface area contributed by atoms with Gasteiger partial charge in [0.15, 0.2) is 11.6 Å². The number of aromatic hydroxyl groups is 1. The van der Waals surface area contributed by atoms with Gasteiger partial charge in [0.1, 0.15) is 0 Å². The van der Waals surface area contributed by atoms with Gasteiger partial charge in [-0.2, -0.15) is 0 Å². The minimum Gasteiger partial charge on any atom is -0.505 e. The van der Waals surface area contributed by atoms with Crippen LogP contribution in [-0.4, -0.2) is 26.6 Å². The number of amides is 1. The fourth-order valence-corrected chi connectivity index (χ4v) is 3.55. The topological polar surface area (TPSA) is 60.8 Å². The molecule has 4 nitrogen and oxygen atoms in total. The highest BCUT2D eigenvalue weighted by molar-refractivity contribution is 6.00. The van der Waals surface area contributed by atoms with Crippen LogP contribution in [0.5, 0.6) is 5.75 Å². The van der Waals surface area contributed by atoms with E-state index in [2.05, 4.69) is 12.0 Å². The van der Waals surface area contributed by atoms with E-state index in [4.69, 9.17) is 0 Å². The summed E-state index contributed by atoms with van der Waals surface area (Å²) in [4.78, 5) is 13.6. The number of rotatable bonds is 1. The van der Waals surface area contributed by atoms with Crippen molar-refractivity contribution in [3.63, 3.8) is 0 Å². The zero-order valence-corrected chi connectivity index (χ0v) is 14.0. The highest BCUT2D eigenvalue weighted by Crippen LogP contribution is 2.35. The van der Waals surface area contributed by atoms with Crippen LogP contribution in [0.2, 0.25) is 0 Å². The predicted molar refractivity (Wildman–Crippen MR) is 87.5 cm³/mol. The van der Waals surface area contributed by atoms with Crippen molar-refractivity contribution >= 4 is 5.91 Å². The number of carbonyl (C=O) groups excluding carboxylic acids is 1. The van der Waals surface area contributed by atoms with Crippen molar-refractivity contribution in [2.45, 2.75) is 51.7 Å². The first-order valence-corrected chi connectivity index (χ1v) is 8.33. The van der Waals surface area contributed by atoms with Crippen LogP contribution >= 0.6 is 0 Å². The minimum atomic E-state index is -0.868. The molecule has 0 saturated heterocycles. The summed E-state index contributed by atoms with van der Waals surface area (Å²) in [5, 5.41) is 19.5. The molecule has 0 bridgehead atoms. The smallest absolute Gasteiger partial charge is 0.269 e. The van der Waals surface area contributed by atoms with Gasteiger partial charge in [-0.05, 0) is 57.1 Å². The van der Waals surface area contributed by atoms with Gasteiger partial charge in [-0.3, -0.25) is 9.69 Å². The Hall–Kier alpha value is -2.06. The Morgan fingerprint density at radius 1 is 1.25 bits per heavy atom. The summed E-state index contributed by atoms with van der Waals surface area (Å²) in [6.07, 6.45) is 3.62. The second-order valence-corrected chi connectivity index (χ2v) is 7.28. The van der Waals surface area contributed by atoms with Crippen molar-refractivity contribution in [3.8, 4) is 17.7 Å². The summed E-state index contributed by atoms with van der Waals surface area (Å²) in [7, 11) is 0. The number of halogens is 1. The van der Waals surface area contributed by atoms with Gasteiger partial charge >= 0.3 is 0 Å². The van der Waals surface area contributed by atoms with Crippen molar-refractivity contribution in [1.29, 1.82) is 0 Å². The Bertz CT molecular complexity index is 719. The number of fused-ring (bicyclic) bond motifs is 1. The van der Waals surface area contributed by atoms with E-state index in [0.29, 0.717) is 5.56 Å². The maximum atomic E-state index is 13.9. The van der Waals surface area contributed by atoms with E-state index < -0.39 is 23.1 Å². The standard InChI is InChI=1S/C19H22FNO3/c1-19(2,24)14-6-3-12(4-7-14)9-10-21-11-13-5-8-15(22)17(20)16(13)18(21)23/h5,8,12,14,22,24H,3-4,6-7,11H2,1-2H3. The molecule has 5 heteroatoms. The van der Waals surface area contributed by atoms with Crippen LogP contribution in [0.3, 0.4) is 0 Å². The quantitative estimate of drug-likeness (QED) is 0.778. The molecule has 0 aromatic heterocycles. The minimum absolute atomic E-state index is 0.0740. The van der Waals surface area contributed by atoms with Crippen LogP contribution in [0.4, 0.5) is 4.39 Å². The molecule has 1 fully saturated rings. The van der Waals surface area contributed by atoms with E-state index in [9.17, 15) is 19.4 Å². The lowest BCUT2D eigenvalue weighted by Crippen LogP contribution is -2.33. The fraction of sp³-hybridized carbons (Fsp3) is 0.526. The predicted octanol–water partition coefficient (Wildman–Crippen LogP) is 3.03. The van der Waals surface area contributed by atoms with E-state index in [0.717, 1.165) is 25.7 Å². The van der Waals surface area contributed by atoms with Crippen molar-refractivity contribution < 1.29 is 19.4 Å². The molecule has 1 saturated carbocycles. The number of phenols is 1. The molecule has 2 aliphatic rings. The highest BCUT2D eigenvalue weighted by Gasteiger charge is 2.32. The number of nitrogens with zero attached hydrogens (tertiary/aromatic N) is 1. The van der Waals surface area contributed by atoms with Crippen LogP contribution in [0.15, 0.2) is 12.1 Å². The van der Waals surface area contributed by atoms with E-state index in [1.54, 1.807) is 6.07 Å². The molecule has 24 heavy (non-hydrogen) atoms. The van der Waals surface area contributed by atoms with Gasteiger partial charge < -0.3 is 10.2 Å². The van der Waals surface area contributed by atoms with Gasteiger partial charge in [0.25, 0.3) is 5.91 Å². The molecule has 1 heterocycles. The van der Waals surface area contributed by atoms with E-state index in [1.807, 2.05) is 13.8 Å². The second kappa shape index (κ2) is 6.10. The number of carbonyl (C=O) groups is 1. The van der Waals surface area contributed by atoms with Gasteiger partial charge in [-0.25, -0.2) is 4.39 Å². The first-order valence-electron chi connectivity index (χ1n) is 8.33. The van der Waals surface area contributed by atoms with Crippen molar-refractivity contribution in [2.24, 2.45) is 11.8 Å². The third-order valence-corrected chi connectivity index (χ3v) is 5.13. The van der Waals surface area contributed by atoms with Gasteiger partial charge in [0, 0.05) is 12.0 Å². The summed E-state index contributed by atoms with van der Waals surface area (Å²) in [6, 6.07) is 5.69. The molecule has 0 unspecified atom stereocenters. The molecule has 128 valence electrons. The van der Waals surface area contributed by atoms with Crippen molar-refractivity contribution in [2.75, 3.05) is 0 Å². The van der Waals surface area contributed by atoms with Gasteiger partial charge in [-0.1, -0.05) is 12.0 Å². The van der Waals surface area contributed by atoms with Crippen molar-refractivity contribution in [1.82, 2.24) is 4.90 Å². The molecule has 1 aromatic rings. The van der Waals surface area contributed by atoms with Gasteiger partial charge in [0.05, 0.1) is 17.7 Å². The SMILES string of the molecule is CC(C)(O)C1CCC(C#CN2Cc3ccc(O)c(F)c3C2=O)CC1. The second-order valence-electron chi connectivity index (χ2n) is 7.28. The van der Waals surface area contributed by atoms with Gasteiger partial charge in [0.2, 0.25) is 0 Å². The normalized spacial score (nSPS) is 23.7. The third-order valence-electron chi connectivity index (χ3n) is 5.13. The number of hydrogen-bond acceptors (Lipinski definition) is 3. The largest absolute Gasteiger partial charge is 0.505 e. The lowest BCUT2D eigenvalue weighted by Gasteiger charge is -2.34. The van der Waals surface area contributed by atoms with E-state index in [1.165, 1.54) is 11.0 Å². The highest BCUT2D eigenvalue weighted by atomic mass is 19.1. The Kier molecular flexibility index (Phi) is 4.27. The van der Waals surface area contributed by atoms with Crippen LogP contribution in [-0.2, 0) is 6.54 Å². The van der Waals surface area contributed by atoms with Crippen LogP contribution < -0.4 is 0 Å². The molecular formula is C19H22FNO3. The lowest BCUT2D eigenvalue weighted by atomic mass is 9.75. The monoisotopic (exact) mass is 331 g/mol. The third kappa shape index (κ3) is 3.11. The van der Waals surface area contributed by atoms with E-state index in [-0.39, 0.29) is 23.9 Å². The summed E-state index contributed by atoms with van der Waals surface area (Å²) < 4.78 is 13.9. The zero-order valence-electron chi connectivity index (χ0n) is 14.0. The zero-order chi connectivity index (χ0) is 17.5. The number of benzene rings is 1. The van der Waals surface area contributed by atoms with Crippen LogP contribution in [0, 0.1) is 29.6 Å². The molecule has 1 amide bonds. The van der Waals surface area contributed by atoms with Crippen LogP contribution in [0.25, 0.3) is 0 Å². The first kappa shape index (κ1) is 16.8. The maximum absolute atomic E-state index is 13.9. The number of aliphatic hydroxyl groups is 1. The summed E-state index contributed by atoms with van der Waals surface area (Å²) >= 11 is 0. The molecule has 0 atom stereocenters. The molecular weight excluding hydrogens is 309 g/mol. The average Bonchev–Trinajstić information content (AvgIpc) is 2.85. The number of hydrogen-bond donors (Lipinski definition) is 2. The van der Waals surface area contributed by atoms with Crippen molar-refractivity contribution in [3.05, 3.63) is 29.1 Å². The van der Waals surface area contributed by atoms with Gasteiger partial charge in [-0.15, -0.1) is 0 Å². The number of phenolic OH excluding ortho intramolecular Hbond substituents is 1. The fourth-order valence-electron chi connectivity index (χ4n) is 3.55. The molecule has 0 spiro atoms. The Morgan fingerprint density at radius 2 is 1.92 bits per heavy atom. The molecule has 1 aliphatic carbocycles. The molecule has 0 radical (unpaired) electrons. The molecule has 2 N–H and O–H groups in total. The average molecular weight is 331 g/mol. The van der Waals surface area contributed by atoms with E-state index >= 15 is 0 Å². The Labute approximate surface area is 141 Å². The van der Waals surface area contributed by atoms with Crippen LogP contribution in [0.1, 0.15) is 55.5 Å². The Balaban J connectivity index is 1.67. The summed E-state index contributed by atoms with van der Waals surface area (Å²) in [5.41, 5.74) is -0.185. The molecule has 1 aromatic carbocycles. The lowest BCUT2D eigenvalue weighted by molar-refractivity contribution is -0.00267.